The van der Waals surface area contributed by atoms with Gasteiger partial charge in [0.25, 0.3) is 0 Å². The molecule has 0 bridgehead atoms. The van der Waals surface area contributed by atoms with E-state index in [2.05, 4.69) is 19.2 Å². The topological polar surface area (TPSA) is 38.3 Å². The molecule has 1 saturated carbocycles. The van der Waals surface area contributed by atoms with Crippen molar-refractivity contribution in [2.24, 2.45) is 17.3 Å². The molecule has 0 radical (unpaired) electrons. The lowest BCUT2D eigenvalue weighted by molar-refractivity contribution is -0.145. The van der Waals surface area contributed by atoms with E-state index in [1.165, 1.54) is 26.4 Å². The fourth-order valence-electron chi connectivity index (χ4n) is 2.46. The second-order valence-corrected chi connectivity index (χ2v) is 5.88. The molecule has 100 valence electrons. The summed E-state index contributed by atoms with van der Waals surface area (Å²) in [5, 5.41) is 3.44. The third kappa shape index (κ3) is 3.98. The van der Waals surface area contributed by atoms with Crippen LogP contribution in [-0.4, -0.2) is 26.2 Å². The first kappa shape index (κ1) is 14.5. The summed E-state index contributed by atoms with van der Waals surface area (Å²) in [5.41, 5.74) is 0.354. The van der Waals surface area contributed by atoms with E-state index in [1.54, 1.807) is 0 Å². The van der Waals surface area contributed by atoms with Crippen LogP contribution in [0.25, 0.3) is 0 Å². The van der Waals surface area contributed by atoms with Gasteiger partial charge >= 0.3 is 5.97 Å². The molecule has 0 heterocycles. The first-order chi connectivity index (χ1) is 8.01. The molecular weight excluding hydrogens is 214 g/mol. The summed E-state index contributed by atoms with van der Waals surface area (Å²) in [5.74, 6) is 0.756. The van der Waals surface area contributed by atoms with Crippen molar-refractivity contribution in [3.8, 4) is 0 Å². The Morgan fingerprint density at radius 1 is 1.47 bits per heavy atom. The third-order valence-electron chi connectivity index (χ3n) is 4.21. The number of carbonyl (C=O) groups excluding carboxylic acids is 1. The van der Waals surface area contributed by atoms with E-state index in [-0.39, 0.29) is 11.9 Å². The Kier molecular flexibility index (Phi) is 5.44. The molecule has 3 heteroatoms. The highest BCUT2D eigenvalue weighted by Gasteiger charge is 2.33. The van der Waals surface area contributed by atoms with E-state index in [4.69, 9.17) is 4.74 Å². The lowest BCUT2D eigenvalue weighted by Gasteiger charge is -2.40. The summed E-state index contributed by atoms with van der Waals surface area (Å²) in [6.07, 6.45) is 4.95. The summed E-state index contributed by atoms with van der Waals surface area (Å²) in [7, 11) is 1.46. The number of carbonyl (C=O) groups is 1. The maximum atomic E-state index is 11.4. The molecule has 17 heavy (non-hydrogen) atoms. The van der Waals surface area contributed by atoms with Crippen molar-refractivity contribution >= 4 is 5.97 Å². The van der Waals surface area contributed by atoms with Crippen LogP contribution in [0.15, 0.2) is 0 Å². The molecule has 1 unspecified atom stereocenters. The van der Waals surface area contributed by atoms with Crippen LogP contribution >= 0.6 is 0 Å². The Labute approximate surface area is 105 Å². The monoisotopic (exact) mass is 241 g/mol. The number of ether oxygens (including phenoxy) is 1. The van der Waals surface area contributed by atoms with E-state index in [0.29, 0.717) is 5.41 Å². The Morgan fingerprint density at radius 2 is 2.12 bits per heavy atom. The zero-order chi connectivity index (χ0) is 12.9. The van der Waals surface area contributed by atoms with E-state index >= 15 is 0 Å². The molecule has 1 aliphatic carbocycles. The molecule has 1 fully saturated rings. The van der Waals surface area contributed by atoms with Gasteiger partial charge in [0.15, 0.2) is 0 Å². The molecule has 0 aromatic carbocycles. The molecule has 0 aliphatic heterocycles. The number of hydrogen-bond donors (Lipinski definition) is 1. The largest absolute Gasteiger partial charge is 0.469 e. The van der Waals surface area contributed by atoms with Gasteiger partial charge in [-0.3, -0.25) is 4.79 Å². The van der Waals surface area contributed by atoms with Crippen LogP contribution < -0.4 is 5.32 Å². The number of nitrogens with one attached hydrogen (secondary N) is 1. The molecule has 1 rings (SSSR count). The number of rotatable bonds is 7. The minimum atomic E-state index is -0.0959. The average molecular weight is 241 g/mol. The highest BCUT2D eigenvalue weighted by Crippen LogP contribution is 2.41. The van der Waals surface area contributed by atoms with Crippen LogP contribution in [0.2, 0.25) is 0 Å². The van der Waals surface area contributed by atoms with Crippen molar-refractivity contribution in [2.75, 3.05) is 20.2 Å². The number of esters is 1. The number of methoxy groups -OCH3 is 1. The first-order valence-corrected chi connectivity index (χ1v) is 6.79. The van der Waals surface area contributed by atoms with Gasteiger partial charge in [0.05, 0.1) is 13.0 Å². The van der Waals surface area contributed by atoms with Gasteiger partial charge in [-0.05, 0) is 30.6 Å². The van der Waals surface area contributed by atoms with Gasteiger partial charge in [0.1, 0.15) is 0 Å². The van der Waals surface area contributed by atoms with Crippen LogP contribution in [0.4, 0.5) is 0 Å². The van der Waals surface area contributed by atoms with Crippen molar-refractivity contribution in [3.05, 3.63) is 0 Å². The van der Waals surface area contributed by atoms with Crippen molar-refractivity contribution in [3.63, 3.8) is 0 Å². The molecule has 0 saturated heterocycles. The maximum absolute atomic E-state index is 11.4. The predicted molar refractivity (Wildman–Crippen MR) is 69.8 cm³/mol. The molecule has 1 N–H and O–H groups in total. The smallest absolute Gasteiger partial charge is 0.309 e. The van der Waals surface area contributed by atoms with Gasteiger partial charge in [0.2, 0.25) is 0 Å². The number of hydrogen-bond acceptors (Lipinski definition) is 3. The third-order valence-corrected chi connectivity index (χ3v) is 4.21. The standard InChI is InChI=1S/C14H27NO2/c1-5-11(13(16)17-4)9-15-10-14(2,3)12-7-6-8-12/h11-12,15H,5-10H2,1-4H3. The molecular formula is C14H27NO2. The van der Waals surface area contributed by atoms with Crippen molar-refractivity contribution in [1.82, 2.24) is 5.32 Å². The fraction of sp³-hybridized carbons (Fsp3) is 0.929. The van der Waals surface area contributed by atoms with E-state index in [9.17, 15) is 4.79 Å². The molecule has 1 atom stereocenters. The summed E-state index contributed by atoms with van der Waals surface area (Å²) < 4.78 is 4.79. The first-order valence-electron chi connectivity index (χ1n) is 6.79. The average Bonchev–Trinajstić information content (AvgIpc) is 2.20. The van der Waals surface area contributed by atoms with E-state index in [1.807, 2.05) is 6.92 Å². The van der Waals surface area contributed by atoms with E-state index in [0.717, 1.165) is 25.4 Å². The van der Waals surface area contributed by atoms with Crippen LogP contribution in [0.3, 0.4) is 0 Å². The predicted octanol–water partition coefficient (Wildman–Crippen LogP) is 2.60. The fourth-order valence-corrected chi connectivity index (χ4v) is 2.46. The summed E-state index contributed by atoms with van der Waals surface area (Å²) in [4.78, 5) is 11.4. The van der Waals surface area contributed by atoms with Gasteiger partial charge in [-0.2, -0.15) is 0 Å². The molecule has 3 nitrogen and oxygen atoms in total. The summed E-state index contributed by atoms with van der Waals surface area (Å²) in [6, 6.07) is 0. The molecule has 0 aromatic rings. The molecule has 0 aromatic heterocycles. The molecule has 0 amide bonds. The zero-order valence-electron chi connectivity index (χ0n) is 11.7. The van der Waals surface area contributed by atoms with Crippen molar-refractivity contribution in [2.45, 2.75) is 46.5 Å². The Bertz CT molecular complexity index is 247. The van der Waals surface area contributed by atoms with Gasteiger partial charge in [0, 0.05) is 13.1 Å². The molecule has 0 spiro atoms. The quantitative estimate of drug-likeness (QED) is 0.696. The Morgan fingerprint density at radius 3 is 2.53 bits per heavy atom. The Hall–Kier alpha value is -0.570. The van der Waals surface area contributed by atoms with Gasteiger partial charge in [-0.25, -0.2) is 0 Å². The van der Waals surface area contributed by atoms with Gasteiger partial charge < -0.3 is 10.1 Å². The lowest BCUT2D eigenvalue weighted by atomic mass is 9.67. The minimum Gasteiger partial charge on any atom is -0.469 e. The maximum Gasteiger partial charge on any atom is 0.309 e. The van der Waals surface area contributed by atoms with Gasteiger partial charge in [-0.1, -0.05) is 27.2 Å². The van der Waals surface area contributed by atoms with Crippen molar-refractivity contribution in [1.29, 1.82) is 0 Å². The van der Waals surface area contributed by atoms with E-state index < -0.39 is 0 Å². The second-order valence-electron chi connectivity index (χ2n) is 5.88. The van der Waals surface area contributed by atoms with Crippen molar-refractivity contribution < 1.29 is 9.53 Å². The van der Waals surface area contributed by atoms with Gasteiger partial charge in [-0.15, -0.1) is 0 Å². The Balaban J connectivity index is 2.27. The van der Waals surface area contributed by atoms with Crippen LogP contribution in [0.5, 0.6) is 0 Å². The highest BCUT2D eigenvalue weighted by molar-refractivity contribution is 5.72. The zero-order valence-corrected chi connectivity index (χ0v) is 11.7. The minimum absolute atomic E-state index is 0.00260. The highest BCUT2D eigenvalue weighted by atomic mass is 16.5. The second kappa shape index (κ2) is 6.39. The SMILES string of the molecule is CCC(CNCC(C)(C)C1CCC1)C(=O)OC. The summed E-state index contributed by atoms with van der Waals surface area (Å²) >= 11 is 0. The molecule has 1 aliphatic rings. The normalized spacial score (nSPS) is 18.6. The van der Waals surface area contributed by atoms with Crippen LogP contribution in [-0.2, 0) is 9.53 Å². The summed E-state index contributed by atoms with van der Waals surface area (Å²) in [6.45, 7) is 8.40. The lowest BCUT2D eigenvalue weighted by Crippen LogP contribution is -2.41. The van der Waals surface area contributed by atoms with Crippen LogP contribution in [0, 0.1) is 17.3 Å². The van der Waals surface area contributed by atoms with Crippen LogP contribution in [0.1, 0.15) is 46.5 Å².